The van der Waals surface area contributed by atoms with Crippen molar-refractivity contribution in [2.45, 2.75) is 53.1 Å². The lowest BCUT2D eigenvalue weighted by atomic mass is 10.1. The van der Waals surface area contributed by atoms with E-state index in [2.05, 4.69) is 43.0 Å². The van der Waals surface area contributed by atoms with E-state index in [1.807, 2.05) is 11.5 Å². The van der Waals surface area contributed by atoms with Gasteiger partial charge >= 0.3 is 5.69 Å². The Morgan fingerprint density at radius 3 is 2.56 bits per heavy atom. The number of unbranched alkanes of at least 4 members (excludes halogenated alkanes) is 1. The normalized spacial score (nSPS) is 16.0. The van der Waals surface area contributed by atoms with E-state index in [4.69, 9.17) is 9.72 Å². The van der Waals surface area contributed by atoms with Crippen LogP contribution in [0.1, 0.15) is 39.2 Å². The first-order valence-corrected chi connectivity index (χ1v) is 11.6. The van der Waals surface area contributed by atoms with Gasteiger partial charge in [0.25, 0.3) is 5.56 Å². The number of rotatable bonds is 8. The van der Waals surface area contributed by atoms with Gasteiger partial charge in [-0.1, -0.05) is 32.4 Å². The van der Waals surface area contributed by atoms with E-state index < -0.39 is 0 Å². The van der Waals surface area contributed by atoms with Crippen LogP contribution in [0.4, 0.5) is 11.6 Å². The number of benzene rings is 1. The first kappa shape index (κ1) is 22.3. The Labute approximate surface area is 188 Å². The zero-order valence-corrected chi connectivity index (χ0v) is 19.5. The molecule has 3 aromatic rings. The summed E-state index contributed by atoms with van der Waals surface area (Å²) in [5.74, 6) is 1.04. The highest BCUT2D eigenvalue weighted by molar-refractivity contribution is 5.77. The van der Waals surface area contributed by atoms with E-state index in [-0.39, 0.29) is 17.8 Å². The Hall–Kier alpha value is -2.87. The molecule has 0 spiro atoms. The van der Waals surface area contributed by atoms with E-state index in [9.17, 15) is 9.59 Å². The minimum Gasteiger partial charge on any atom is -0.380 e. The van der Waals surface area contributed by atoms with Gasteiger partial charge in [-0.3, -0.25) is 13.9 Å². The molecule has 1 unspecified atom stereocenters. The molecule has 8 heteroatoms. The predicted octanol–water partition coefficient (Wildman–Crippen LogP) is 3.06. The Morgan fingerprint density at radius 1 is 1.12 bits per heavy atom. The van der Waals surface area contributed by atoms with Crippen LogP contribution in [-0.2, 0) is 31.3 Å². The van der Waals surface area contributed by atoms with Crippen LogP contribution in [0.15, 0.2) is 33.9 Å². The summed E-state index contributed by atoms with van der Waals surface area (Å²) in [5.41, 5.74) is 2.63. The summed E-state index contributed by atoms with van der Waals surface area (Å²) >= 11 is 0. The van der Waals surface area contributed by atoms with Crippen molar-refractivity contribution in [3.8, 4) is 0 Å². The lowest BCUT2D eigenvalue weighted by molar-refractivity contribution is 0.137. The average Bonchev–Trinajstić information content (AvgIpc) is 3.18. The largest absolute Gasteiger partial charge is 0.380 e. The van der Waals surface area contributed by atoms with Crippen LogP contribution in [0.25, 0.3) is 11.2 Å². The summed E-state index contributed by atoms with van der Waals surface area (Å²) in [7, 11) is 1.68. The highest BCUT2D eigenvalue weighted by Crippen LogP contribution is 2.33. The van der Waals surface area contributed by atoms with Crippen molar-refractivity contribution in [3.05, 3.63) is 50.7 Å². The Kier molecular flexibility index (Phi) is 6.50. The second-order valence-electron chi connectivity index (χ2n) is 8.68. The molecule has 172 valence electrons. The van der Waals surface area contributed by atoms with E-state index in [0.717, 1.165) is 18.7 Å². The number of anilines is 2. The quantitative estimate of drug-likeness (QED) is 0.505. The number of imidazole rings is 1. The first-order chi connectivity index (χ1) is 15.5. The second-order valence-corrected chi connectivity index (χ2v) is 8.68. The van der Waals surface area contributed by atoms with E-state index >= 15 is 0 Å². The molecular weight excluding hydrogens is 406 g/mol. The third kappa shape index (κ3) is 3.99. The van der Waals surface area contributed by atoms with Crippen molar-refractivity contribution < 1.29 is 4.74 Å². The fraction of sp³-hybridized carbons (Fsp3) is 0.542. The molecule has 0 bridgehead atoms. The van der Waals surface area contributed by atoms with Gasteiger partial charge in [0.1, 0.15) is 0 Å². The summed E-state index contributed by atoms with van der Waals surface area (Å²) in [6, 6.07) is 8.61. The zero-order valence-electron chi connectivity index (χ0n) is 19.5. The SMILES string of the molecule is CCCCc1ccc(N2CC(C)Cn3c2nc2c3c(=O)n(CCOCC)c(=O)n2C)cc1. The third-order valence-corrected chi connectivity index (χ3v) is 6.17. The summed E-state index contributed by atoms with van der Waals surface area (Å²) in [5, 5.41) is 0. The Balaban J connectivity index is 1.80. The molecule has 4 rings (SSSR count). The maximum Gasteiger partial charge on any atom is 0.332 e. The molecule has 0 fully saturated rings. The molecule has 0 saturated heterocycles. The molecule has 3 heterocycles. The second kappa shape index (κ2) is 9.32. The van der Waals surface area contributed by atoms with Crippen molar-refractivity contribution >= 4 is 22.8 Å². The predicted molar refractivity (Wildman–Crippen MR) is 127 cm³/mol. The number of hydrogen-bond donors (Lipinski definition) is 0. The third-order valence-electron chi connectivity index (χ3n) is 6.17. The lowest BCUT2D eigenvalue weighted by Gasteiger charge is -2.33. The highest BCUT2D eigenvalue weighted by atomic mass is 16.5. The van der Waals surface area contributed by atoms with Gasteiger partial charge in [0, 0.05) is 32.4 Å². The molecular formula is C24H33N5O3. The van der Waals surface area contributed by atoms with Crippen molar-refractivity contribution in [1.82, 2.24) is 18.7 Å². The van der Waals surface area contributed by atoms with Gasteiger partial charge in [-0.2, -0.15) is 4.98 Å². The van der Waals surface area contributed by atoms with Crippen LogP contribution < -0.4 is 16.1 Å². The van der Waals surface area contributed by atoms with Gasteiger partial charge in [0.05, 0.1) is 13.2 Å². The standard InChI is InChI=1S/C24H33N5O3/c1-5-7-8-18-9-11-19(12-10-18)28-15-17(3)16-29-20-21(25-23(28)29)26(4)24(31)27(22(20)30)13-14-32-6-2/h9-12,17H,5-8,13-16H2,1-4H3. The lowest BCUT2D eigenvalue weighted by Crippen LogP contribution is -2.41. The summed E-state index contributed by atoms with van der Waals surface area (Å²) in [4.78, 5) is 33.1. The fourth-order valence-corrected chi connectivity index (χ4v) is 4.44. The molecule has 32 heavy (non-hydrogen) atoms. The minimum atomic E-state index is -0.363. The monoisotopic (exact) mass is 439 g/mol. The Morgan fingerprint density at radius 2 is 1.88 bits per heavy atom. The molecule has 8 nitrogen and oxygen atoms in total. The summed E-state index contributed by atoms with van der Waals surface area (Å²) < 4.78 is 10.1. The number of aromatic nitrogens is 4. The van der Waals surface area contributed by atoms with Crippen molar-refractivity contribution in [2.75, 3.05) is 24.7 Å². The molecule has 0 saturated carbocycles. The summed E-state index contributed by atoms with van der Waals surface area (Å²) in [6.07, 6.45) is 3.44. The maximum atomic E-state index is 13.3. The van der Waals surface area contributed by atoms with Gasteiger partial charge in [-0.25, -0.2) is 4.79 Å². The van der Waals surface area contributed by atoms with Crippen molar-refractivity contribution in [2.24, 2.45) is 13.0 Å². The number of nitrogens with zero attached hydrogens (tertiary/aromatic N) is 5. The van der Waals surface area contributed by atoms with Crippen LogP contribution in [0, 0.1) is 5.92 Å². The molecule has 0 aliphatic carbocycles. The molecule has 2 aromatic heterocycles. The molecule has 1 aliphatic heterocycles. The highest BCUT2D eigenvalue weighted by Gasteiger charge is 2.29. The molecule has 1 aliphatic rings. The van der Waals surface area contributed by atoms with Crippen LogP contribution in [-0.4, -0.2) is 38.4 Å². The maximum absolute atomic E-state index is 13.3. The van der Waals surface area contributed by atoms with E-state index in [1.165, 1.54) is 27.5 Å². The Bertz CT molecular complexity index is 1210. The van der Waals surface area contributed by atoms with Crippen LogP contribution in [0.3, 0.4) is 0 Å². The topological polar surface area (TPSA) is 74.3 Å². The van der Waals surface area contributed by atoms with Gasteiger partial charge in [-0.05, 0) is 43.4 Å². The number of fused-ring (bicyclic) bond motifs is 3. The number of ether oxygens (including phenoxy) is 1. The molecule has 0 radical (unpaired) electrons. The number of aryl methyl sites for hydroxylation is 2. The van der Waals surface area contributed by atoms with E-state index in [1.54, 1.807) is 7.05 Å². The first-order valence-electron chi connectivity index (χ1n) is 11.6. The van der Waals surface area contributed by atoms with Crippen molar-refractivity contribution in [3.63, 3.8) is 0 Å². The molecule has 1 atom stereocenters. The van der Waals surface area contributed by atoms with Crippen LogP contribution in [0.2, 0.25) is 0 Å². The van der Waals surface area contributed by atoms with Crippen LogP contribution in [0.5, 0.6) is 0 Å². The van der Waals surface area contributed by atoms with Gasteiger partial charge in [-0.15, -0.1) is 0 Å². The smallest absolute Gasteiger partial charge is 0.332 e. The fourth-order valence-electron chi connectivity index (χ4n) is 4.44. The van der Waals surface area contributed by atoms with Gasteiger partial charge < -0.3 is 14.2 Å². The average molecular weight is 440 g/mol. The van der Waals surface area contributed by atoms with Crippen LogP contribution >= 0.6 is 0 Å². The minimum absolute atomic E-state index is 0.230. The summed E-state index contributed by atoms with van der Waals surface area (Å²) in [6.45, 7) is 8.87. The molecule has 0 N–H and O–H groups in total. The van der Waals surface area contributed by atoms with Gasteiger partial charge in [0.15, 0.2) is 11.2 Å². The van der Waals surface area contributed by atoms with Gasteiger partial charge in [0.2, 0.25) is 5.95 Å². The zero-order chi connectivity index (χ0) is 22.8. The van der Waals surface area contributed by atoms with E-state index in [0.29, 0.717) is 42.8 Å². The molecule has 0 amide bonds. The number of hydrogen-bond acceptors (Lipinski definition) is 5. The molecule has 1 aromatic carbocycles. The van der Waals surface area contributed by atoms with Crippen molar-refractivity contribution in [1.29, 1.82) is 0 Å².